The Balaban J connectivity index is 2.23. The summed E-state index contributed by atoms with van der Waals surface area (Å²) < 4.78 is 13.5. The average Bonchev–Trinajstić information content (AvgIpc) is 3.03. The molecule has 0 aromatic heterocycles. The quantitative estimate of drug-likeness (QED) is 0.808. The van der Waals surface area contributed by atoms with Gasteiger partial charge in [-0.25, -0.2) is 4.39 Å². The Morgan fingerprint density at radius 3 is 2.67 bits per heavy atom. The molecule has 2 atom stereocenters. The minimum atomic E-state index is -0.655. The summed E-state index contributed by atoms with van der Waals surface area (Å²) in [7, 11) is 0. The van der Waals surface area contributed by atoms with Crippen LogP contribution in [0.4, 0.5) is 4.39 Å². The predicted molar refractivity (Wildman–Crippen MR) is 58.0 cm³/mol. The summed E-state index contributed by atoms with van der Waals surface area (Å²) in [5.74, 6) is 0.460. The van der Waals surface area contributed by atoms with Gasteiger partial charge in [-0.15, -0.1) is 0 Å². The van der Waals surface area contributed by atoms with Crippen molar-refractivity contribution in [3.63, 3.8) is 0 Å². The van der Waals surface area contributed by atoms with Crippen molar-refractivity contribution in [1.82, 2.24) is 0 Å². The van der Waals surface area contributed by atoms with Crippen LogP contribution in [0.1, 0.15) is 37.0 Å². The van der Waals surface area contributed by atoms with Crippen LogP contribution in [0.3, 0.4) is 0 Å². The van der Waals surface area contributed by atoms with Crippen molar-refractivity contribution in [3.8, 4) is 0 Å². The first-order valence-electron chi connectivity index (χ1n) is 5.53. The third-order valence-corrected chi connectivity index (χ3v) is 3.33. The van der Waals surface area contributed by atoms with Crippen LogP contribution in [-0.2, 0) is 0 Å². The van der Waals surface area contributed by atoms with E-state index in [2.05, 4.69) is 0 Å². The minimum Gasteiger partial charge on any atom is -0.388 e. The molecule has 0 heterocycles. The second-order valence-corrected chi connectivity index (χ2v) is 4.67. The third-order valence-electron chi connectivity index (χ3n) is 3.33. The zero-order valence-electron chi connectivity index (χ0n) is 9.20. The van der Waals surface area contributed by atoms with E-state index in [1.165, 1.54) is 18.9 Å². The molecule has 15 heavy (non-hydrogen) atoms. The molecule has 1 fully saturated rings. The van der Waals surface area contributed by atoms with Gasteiger partial charge in [-0.2, -0.15) is 0 Å². The second kappa shape index (κ2) is 3.93. The van der Waals surface area contributed by atoms with Gasteiger partial charge in [0.05, 0.1) is 6.10 Å². The smallest absolute Gasteiger partial charge is 0.129 e. The van der Waals surface area contributed by atoms with E-state index in [4.69, 9.17) is 0 Å². The summed E-state index contributed by atoms with van der Waals surface area (Å²) in [6.07, 6.45) is 1.69. The fraction of sp³-hybridized carbons (Fsp3) is 0.538. The number of aliphatic hydroxyl groups is 1. The van der Waals surface area contributed by atoms with E-state index in [9.17, 15) is 9.50 Å². The van der Waals surface area contributed by atoms with Gasteiger partial charge in [0, 0.05) is 5.56 Å². The molecule has 1 N–H and O–H groups in total. The van der Waals surface area contributed by atoms with Gasteiger partial charge in [-0.1, -0.05) is 24.6 Å². The molecule has 82 valence electrons. The van der Waals surface area contributed by atoms with Crippen LogP contribution in [0.5, 0.6) is 0 Å². The van der Waals surface area contributed by atoms with Crippen LogP contribution < -0.4 is 0 Å². The Hall–Kier alpha value is -0.890. The molecule has 0 spiro atoms. The van der Waals surface area contributed by atoms with Crippen LogP contribution in [0, 0.1) is 24.6 Å². The van der Waals surface area contributed by atoms with Crippen LogP contribution in [0.25, 0.3) is 0 Å². The standard InChI is InChI=1S/C13H17FO/c1-8-3-6-12(14)11(7-8)13(15)9(2)10-4-5-10/h3,6-7,9-10,13,15H,4-5H2,1-2H3. The maximum atomic E-state index is 13.5. The Bertz CT molecular complexity index is 358. The van der Waals surface area contributed by atoms with E-state index in [1.54, 1.807) is 12.1 Å². The van der Waals surface area contributed by atoms with Crippen molar-refractivity contribution in [2.75, 3.05) is 0 Å². The Morgan fingerprint density at radius 2 is 2.07 bits per heavy atom. The molecule has 1 aliphatic rings. The van der Waals surface area contributed by atoms with Crippen LogP contribution >= 0.6 is 0 Å². The highest BCUT2D eigenvalue weighted by atomic mass is 19.1. The number of aliphatic hydroxyl groups excluding tert-OH is 1. The summed E-state index contributed by atoms with van der Waals surface area (Å²) in [6, 6.07) is 4.92. The van der Waals surface area contributed by atoms with E-state index >= 15 is 0 Å². The molecule has 2 unspecified atom stereocenters. The van der Waals surface area contributed by atoms with Gasteiger partial charge in [0.2, 0.25) is 0 Å². The van der Waals surface area contributed by atoms with E-state index in [0.717, 1.165) is 5.56 Å². The summed E-state index contributed by atoms with van der Waals surface area (Å²) in [4.78, 5) is 0. The van der Waals surface area contributed by atoms with Crippen LogP contribution in [0.2, 0.25) is 0 Å². The van der Waals surface area contributed by atoms with Crippen molar-refractivity contribution in [2.45, 2.75) is 32.8 Å². The molecular formula is C13H17FO. The highest BCUT2D eigenvalue weighted by Gasteiger charge is 2.34. The molecule has 0 aliphatic heterocycles. The van der Waals surface area contributed by atoms with Gasteiger partial charge in [0.1, 0.15) is 5.82 Å². The lowest BCUT2D eigenvalue weighted by Gasteiger charge is -2.19. The van der Waals surface area contributed by atoms with E-state index in [-0.39, 0.29) is 11.7 Å². The highest BCUT2D eigenvalue weighted by Crippen LogP contribution is 2.43. The maximum Gasteiger partial charge on any atom is 0.129 e. The molecule has 1 aromatic carbocycles. The van der Waals surface area contributed by atoms with Gasteiger partial charge in [-0.3, -0.25) is 0 Å². The molecule has 1 saturated carbocycles. The first kappa shape index (κ1) is 10.6. The van der Waals surface area contributed by atoms with Crippen molar-refractivity contribution in [3.05, 3.63) is 35.1 Å². The molecule has 1 aliphatic carbocycles. The summed E-state index contributed by atoms with van der Waals surface area (Å²) >= 11 is 0. The summed E-state index contributed by atoms with van der Waals surface area (Å²) in [5.41, 5.74) is 1.45. The van der Waals surface area contributed by atoms with Crippen molar-refractivity contribution >= 4 is 0 Å². The second-order valence-electron chi connectivity index (χ2n) is 4.67. The fourth-order valence-corrected chi connectivity index (χ4v) is 2.05. The molecule has 0 saturated heterocycles. The lowest BCUT2D eigenvalue weighted by Crippen LogP contribution is -2.12. The van der Waals surface area contributed by atoms with Gasteiger partial charge in [-0.05, 0) is 37.7 Å². The zero-order valence-corrected chi connectivity index (χ0v) is 9.20. The number of hydrogen-bond donors (Lipinski definition) is 1. The molecular weight excluding hydrogens is 191 g/mol. The molecule has 2 rings (SSSR count). The van der Waals surface area contributed by atoms with Crippen LogP contribution in [-0.4, -0.2) is 5.11 Å². The first-order chi connectivity index (χ1) is 7.09. The zero-order chi connectivity index (χ0) is 11.0. The maximum absolute atomic E-state index is 13.5. The number of aryl methyl sites for hydroxylation is 1. The predicted octanol–water partition coefficient (Wildman–Crippen LogP) is 3.21. The van der Waals surface area contributed by atoms with Crippen LogP contribution in [0.15, 0.2) is 18.2 Å². The number of halogens is 1. The summed E-state index contributed by atoms with van der Waals surface area (Å²) in [5, 5.41) is 10.1. The Morgan fingerprint density at radius 1 is 1.40 bits per heavy atom. The number of benzene rings is 1. The van der Waals surface area contributed by atoms with Gasteiger partial charge in [0.15, 0.2) is 0 Å². The van der Waals surface area contributed by atoms with E-state index in [1.807, 2.05) is 13.8 Å². The van der Waals surface area contributed by atoms with Gasteiger partial charge < -0.3 is 5.11 Å². The Labute approximate surface area is 89.9 Å². The highest BCUT2D eigenvalue weighted by molar-refractivity contribution is 5.26. The third kappa shape index (κ3) is 2.20. The van der Waals surface area contributed by atoms with Gasteiger partial charge in [0.25, 0.3) is 0 Å². The minimum absolute atomic E-state index is 0.168. The molecule has 0 radical (unpaired) electrons. The summed E-state index contributed by atoms with van der Waals surface area (Å²) in [6.45, 7) is 3.92. The lowest BCUT2D eigenvalue weighted by molar-refractivity contribution is 0.102. The molecule has 1 aromatic rings. The normalized spacial score (nSPS) is 20.0. The van der Waals surface area contributed by atoms with E-state index < -0.39 is 6.10 Å². The SMILES string of the molecule is Cc1ccc(F)c(C(O)C(C)C2CC2)c1. The van der Waals surface area contributed by atoms with Gasteiger partial charge >= 0.3 is 0 Å². The monoisotopic (exact) mass is 208 g/mol. The topological polar surface area (TPSA) is 20.2 Å². The average molecular weight is 208 g/mol. The van der Waals surface area contributed by atoms with Crippen molar-refractivity contribution in [2.24, 2.45) is 11.8 Å². The largest absolute Gasteiger partial charge is 0.388 e. The molecule has 1 nitrogen and oxygen atoms in total. The van der Waals surface area contributed by atoms with E-state index in [0.29, 0.717) is 11.5 Å². The Kier molecular flexibility index (Phi) is 2.79. The number of hydrogen-bond acceptors (Lipinski definition) is 1. The molecule has 0 bridgehead atoms. The molecule has 2 heteroatoms. The molecule has 0 amide bonds. The lowest BCUT2D eigenvalue weighted by atomic mass is 9.92. The van der Waals surface area contributed by atoms with Crippen molar-refractivity contribution < 1.29 is 9.50 Å². The van der Waals surface area contributed by atoms with Crippen molar-refractivity contribution in [1.29, 1.82) is 0 Å². The number of rotatable bonds is 3. The fourth-order valence-electron chi connectivity index (χ4n) is 2.05. The first-order valence-corrected chi connectivity index (χ1v) is 5.53.